The number of aryl methyl sites for hydroxylation is 1. The molecule has 2 aromatic carbocycles. The minimum absolute atomic E-state index is 0.0474. The molecule has 0 aliphatic heterocycles. The van der Waals surface area contributed by atoms with Gasteiger partial charge in [0.05, 0.1) is 17.4 Å². The number of carbonyl (C=O) groups is 2. The number of anilines is 1. The Morgan fingerprint density at radius 3 is 2.60 bits per heavy atom. The zero-order chi connectivity index (χ0) is 25.6. The molecule has 1 heterocycles. The average molecular weight is 504 g/mol. The predicted molar refractivity (Wildman–Crippen MR) is 128 cm³/mol. The van der Waals surface area contributed by atoms with Gasteiger partial charge in [-0.3, -0.25) is 9.59 Å². The van der Waals surface area contributed by atoms with E-state index in [0.29, 0.717) is 23.1 Å². The van der Waals surface area contributed by atoms with Crippen LogP contribution in [0.2, 0.25) is 0 Å². The number of nitrogens with one attached hydrogen (secondary N) is 2. The molecule has 7 nitrogen and oxygen atoms in total. The van der Waals surface area contributed by atoms with Crippen LogP contribution in [0.5, 0.6) is 0 Å². The van der Waals surface area contributed by atoms with Crippen molar-refractivity contribution in [3.63, 3.8) is 0 Å². The molecular weight excluding hydrogens is 479 g/mol. The first kappa shape index (κ1) is 26.0. The van der Waals surface area contributed by atoms with Gasteiger partial charge in [-0.25, -0.2) is 0 Å². The highest BCUT2D eigenvalue weighted by Crippen LogP contribution is 2.30. The highest BCUT2D eigenvalue weighted by atomic mass is 32.2. The highest BCUT2D eigenvalue weighted by molar-refractivity contribution is 7.99. The maximum absolute atomic E-state index is 12.9. The second kappa shape index (κ2) is 11.2. The molecule has 0 saturated carbocycles. The van der Waals surface area contributed by atoms with Crippen molar-refractivity contribution in [2.45, 2.75) is 37.8 Å². The van der Waals surface area contributed by atoms with E-state index in [4.69, 9.17) is 0 Å². The molecule has 11 heteroatoms. The van der Waals surface area contributed by atoms with Crippen LogP contribution in [0.3, 0.4) is 0 Å². The summed E-state index contributed by atoms with van der Waals surface area (Å²) in [6.07, 6.45) is -2.87. The average Bonchev–Trinajstić information content (AvgIpc) is 3.20. The molecule has 0 fully saturated rings. The Labute approximate surface area is 204 Å². The van der Waals surface area contributed by atoms with E-state index in [-0.39, 0.29) is 17.3 Å². The summed E-state index contributed by atoms with van der Waals surface area (Å²) < 4.78 is 40.4. The third-order valence-corrected chi connectivity index (χ3v) is 5.95. The van der Waals surface area contributed by atoms with Gasteiger partial charge in [-0.1, -0.05) is 42.1 Å². The molecule has 35 heavy (non-hydrogen) atoms. The summed E-state index contributed by atoms with van der Waals surface area (Å²) in [6, 6.07) is 11.1. The molecular formula is C24H24F3N5O2S. The first-order valence-electron chi connectivity index (χ1n) is 10.6. The second-order valence-electron chi connectivity index (χ2n) is 7.67. The number of halogens is 3. The van der Waals surface area contributed by atoms with E-state index in [9.17, 15) is 22.8 Å². The molecule has 0 saturated heterocycles. The Hall–Kier alpha value is -3.60. The monoisotopic (exact) mass is 503 g/mol. The van der Waals surface area contributed by atoms with Gasteiger partial charge in [0.2, 0.25) is 5.91 Å². The second-order valence-corrected chi connectivity index (χ2v) is 8.61. The Bertz CT molecular complexity index is 1230. The topological polar surface area (TPSA) is 88.9 Å². The highest BCUT2D eigenvalue weighted by Gasteiger charge is 2.30. The van der Waals surface area contributed by atoms with Crippen LogP contribution in [0, 0.1) is 6.92 Å². The van der Waals surface area contributed by atoms with Crippen molar-refractivity contribution in [2.24, 2.45) is 0 Å². The third-order valence-electron chi connectivity index (χ3n) is 4.99. The molecule has 3 rings (SSSR count). The molecule has 0 radical (unpaired) electrons. The first-order valence-corrected chi connectivity index (χ1v) is 11.6. The number of allylic oxidation sites excluding steroid dienone is 1. The Kier molecular flexibility index (Phi) is 8.34. The van der Waals surface area contributed by atoms with E-state index in [1.54, 1.807) is 29.7 Å². The molecule has 0 spiro atoms. The lowest BCUT2D eigenvalue weighted by molar-refractivity contribution is -0.137. The van der Waals surface area contributed by atoms with E-state index in [2.05, 4.69) is 27.4 Å². The van der Waals surface area contributed by atoms with Gasteiger partial charge in [-0.15, -0.1) is 16.8 Å². The number of benzene rings is 2. The molecule has 2 amide bonds. The van der Waals surface area contributed by atoms with Crippen molar-refractivity contribution in [1.29, 1.82) is 0 Å². The molecule has 0 unspecified atom stereocenters. The molecule has 0 aliphatic rings. The maximum atomic E-state index is 12.9. The van der Waals surface area contributed by atoms with Crippen LogP contribution < -0.4 is 10.6 Å². The zero-order valence-electron chi connectivity index (χ0n) is 19.1. The van der Waals surface area contributed by atoms with Crippen LogP contribution >= 0.6 is 11.8 Å². The normalized spacial score (nSPS) is 12.1. The molecule has 0 aliphatic carbocycles. The molecule has 184 valence electrons. The number of hydrogen-bond acceptors (Lipinski definition) is 5. The van der Waals surface area contributed by atoms with Crippen molar-refractivity contribution in [1.82, 2.24) is 20.1 Å². The molecule has 1 atom stereocenters. The number of nitrogens with zero attached hydrogens (tertiary/aromatic N) is 3. The summed E-state index contributed by atoms with van der Waals surface area (Å²) in [4.78, 5) is 25.0. The van der Waals surface area contributed by atoms with Crippen molar-refractivity contribution < 1.29 is 22.8 Å². The number of rotatable bonds is 9. The van der Waals surface area contributed by atoms with E-state index >= 15 is 0 Å². The van der Waals surface area contributed by atoms with Crippen LogP contribution in [-0.2, 0) is 17.5 Å². The van der Waals surface area contributed by atoms with Crippen molar-refractivity contribution in [3.8, 4) is 0 Å². The fraction of sp³-hybridized carbons (Fsp3) is 0.250. The fourth-order valence-electron chi connectivity index (χ4n) is 3.29. The quantitative estimate of drug-likeness (QED) is 0.317. The summed E-state index contributed by atoms with van der Waals surface area (Å²) in [6.45, 7) is 7.69. The summed E-state index contributed by atoms with van der Waals surface area (Å²) in [5, 5.41) is 14.1. The zero-order valence-corrected chi connectivity index (χ0v) is 19.9. The summed E-state index contributed by atoms with van der Waals surface area (Å²) in [5.41, 5.74) is 0.592. The number of thioether (sulfide) groups is 1. The molecule has 2 N–H and O–H groups in total. The van der Waals surface area contributed by atoms with Crippen LogP contribution in [-0.4, -0.2) is 32.3 Å². The number of hydrogen-bond donors (Lipinski definition) is 2. The standard InChI is InChI=1S/C24H24F3N5O2S/c1-4-12-32-21(16(3)28-22(34)19-11-6-5-8-15(19)2)30-31-23(32)35-14-20(33)29-18-10-7-9-17(13-18)24(25,26)27/h4-11,13,16H,1,12,14H2,2-3H3,(H,28,34)(H,29,33)/t16-/m1/s1. The van der Waals surface area contributed by atoms with E-state index in [1.165, 1.54) is 12.1 Å². The van der Waals surface area contributed by atoms with Crippen molar-refractivity contribution in [3.05, 3.63) is 83.7 Å². The number of amides is 2. The smallest absolute Gasteiger partial charge is 0.342 e. The van der Waals surface area contributed by atoms with Gasteiger partial charge in [0, 0.05) is 17.8 Å². The van der Waals surface area contributed by atoms with Gasteiger partial charge in [0.15, 0.2) is 11.0 Å². The molecule has 0 bridgehead atoms. The third kappa shape index (κ3) is 6.72. The van der Waals surface area contributed by atoms with Crippen molar-refractivity contribution >= 4 is 29.3 Å². The van der Waals surface area contributed by atoms with Gasteiger partial charge in [-0.05, 0) is 43.7 Å². The van der Waals surface area contributed by atoms with Crippen molar-refractivity contribution in [2.75, 3.05) is 11.1 Å². The van der Waals surface area contributed by atoms with Gasteiger partial charge < -0.3 is 15.2 Å². The fourth-order valence-corrected chi connectivity index (χ4v) is 4.05. The largest absolute Gasteiger partial charge is 0.416 e. The van der Waals surface area contributed by atoms with Gasteiger partial charge in [0.25, 0.3) is 5.91 Å². The number of alkyl halides is 3. The Morgan fingerprint density at radius 1 is 1.17 bits per heavy atom. The SMILES string of the molecule is C=CCn1c(SCC(=O)Nc2cccc(C(F)(F)F)c2)nnc1[C@@H](C)NC(=O)c1ccccc1C. The Balaban J connectivity index is 1.67. The minimum atomic E-state index is -4.50. The maximum Gasteiger partial charge on any atom is 0.416 e. The van der Waals surface area contributed by atoms with E-state index in [1.807, 2.05) is 19.1 Å². The van der Waals surface area contributed by atoms with Crippen LogP contribution in [0.25, 0.3) is 0 Å². The molecule has 1 aromatic heterocycles. The van der Waals surface area contributed by atoms with Gasteiger partial charge in [0.1, 0.15) is 0 Å². The lowest BCUT2D eigenvalue weighted by Crippen LogP contribution is -2.29. The minimum Gasteiger partial charge on any atom is -0.342 e. The number of carbonyl (C=O) groups excluding carboxylic acids is 2. The lowest BCUT2D eigenvalue weighted by Gasteiger charge is -2.16. The van der Waals surface area contributed by atoms with Crippen LogP contribution in [0.4, 0.5) is 18.9 Å². The van der Waals surface area contributed by atoms with Crippen LogP contribution in [0.15, 0.2) is 66.3 Å². The summed E-state index contributed by atoms with van der Waals surface area (Å²) in [5.74, 6) is -0.369. The van der Waals surface area contributed by atoms with E-state index < -0.39 is 23.7 Å². The summed E-state index contributed by atoms with van der Waals surface area (Å²) >= 11 is 1.07. The predicted octanol–water partition coefficient (Wildman–Crippen LogP) is 5.01. The van der Waals surface area contributed by atoms with Gasteiger partial charge in [-0.2, -0.15) is 13.2 Å². The Morgan fingerprint density at radius 2 is 1.91 bits per heavy atom. The molecule has 3 aromatic rings. The number of aromatic nitrogens is 3. The first-order chi connectivity index (χ1) is 16.6. The summed E-state index contributed by atoms with van der Waals surface area (Å²) in [7, 11) is 0. The van der Waals surface area contributed by atoms with E-state index in [0.717, 1.165) is 29.5 Å². The van der Waals surface area contributed by atoms with Gasteiger partial charge >= 0.3 is 6.18 Å². The van der Waals surface area contributed by atoms with Crippen LogP contribution in [0.1, 0.15) is 40.3 Å². The lowest BCUT2D eigenvalue weighted by atomic mass is 10.1.